The van der Waals surface area contributed by atoms with Crippen LogP contribution in [0.4, 0.5) is 0 Å². The Kier molecular flexibility index (Phi) is 4.38. The minimum atomic E-state index is 0.722. The molecule has 0 amide bonds. The zero-order valence-electron chi connectivity index (χ0n) is 10.4. The Hall–Kier alpha value is -0.850. The van der Waals surface area contributed by atoms with E-state index in [2.05, 4.69) is 24.0 Å². The fraction of sp³-hybridized carbons (Fsp3) is 0.667. The summed E-state index contributed by atoms with van der Waals surface area (Å²) in [7, 11) is 0. The van der Waals surface area contributed by atoms with Gasteiger partial charge in [-0.3, -0.25) is 4.98 Å². The first kappa shape index (κ1) is 11.6. The molecule has 1 aromatic heterocycles. The van der Waals surface area contributed by atoms with Crippen LogP contribution >= 0.6 is 0 Å². The Balaban J connectivity index is 2.23. The average molecular weight is 217 g/mol. The van der Waals surface area contributed by atoms with Gasteiger partial charge in [0.05, 0.1) is 0 Å². The van der Waals surface area contributed by atoms with Gasteiger partial charge in [-0.15, -0.1) is 0 Å². The molecule has 0 N–H and O–H groups in total. The third-order valence-corrected chi connectivity index (χ3v) is 3.70. The van der Waals surface area contributed by atoms with E-state index in [1.807, 2.05) is 6.20 Å². The number of aromatic nitrogens is 1. The van der Waals surface area contributed by atoms with Gasteiger partial charge in [0.15, 0.2) is 0 Å². The third-order valence-electron chi connectivity index (χ3n) is 3.70. The second-order valence-corrected chi connectivity index (χ2v) is 4.99. The number of hydrogen-bond donors (Lipinski definition) is 0. The summed E-state index contributed by atoms with van der Waals surface area (Å²) in [6.07, 6.45) is 12.7. The molecule has 1 aliphatic rings. The van der Waals surface area contributed by atoms with Crippen molar-refractivity contribution < 1.29 is 0 Å². The van der Waals surface area contributed by atoms with Gasteiger partial charge in [0.2, 0.25) is 0 Å². The number of pyridine rings is 1. The first-order chi connectivity index (χ1) is 7.92. The highest BCUT2D eigenvalue weighted by Crippen LogP contribution is 2.30. The fourth-order valence-electron chi connectivity index (χ4n) is 2.86. The van der Waals surface area contributed by atoms with Crippen molar-refractivity contribution in [2.75, 3.05) is 0 Å². The lowest BCUT2D eigenvalue weighted by molar-refractivity contribution is 0.519. The van der Waals surface area contributed by atoms with Gasteiger partial charge in [0.25, 0.3) is 0 Å². The number of nitrogens with zero attached hydrogens (tertiary/aromatic N) is 1. The Morgan fingerprint density at radius 3 is 3.00 bits per heavy atom. The van der Waals surface area contributed by atoms with Crippen molar-refractivity contribution in [3.8, 4) is 0 Å². The molecule has 1 unspecified atom stereocenters. The standard InChI is InChI=1S/C15H23N/c1-2-8-13-9-5-3-4-6-10-14-11-7-12-16-15(13)14/h7,11-13H,2-6,8-10H2,1H3. The Morgan fingerprint density at radius 1 is 1.25 bits per heavy atom. The smallest absolute Gasteiger partial charge is 0.0466 e. The largest absolute Gasteiger partial charge is 0.261 e. The summed E-state index contributed by atoms with van der Waals surface area (Å²) in [6, 6.07) is 4.38. The molecule has 0 aromatic carbocycles. The molecule has 0 radical (unpaired) electrons. The molecule has 1 aromatic rings. The summed E-state index contributed by atoms with van der Waals surface area (Å²) in [5.41, 5.74) is 2.93. The maximum absolute atomic E-state index is 4.66. The Bertz CT molecular complexity index is 319. The summed E-state index contributed by atoms with van der Waals surface area (Å²) in [5, 5.41) is 0. The van der Waals surface area contributed by atoms with Crippen LogP contribution in [0.3, 0.4) is 0 Å². The zero-order valence-corrected chi connectivity index (χ0v) is 10.4. The van der Waals surface area contributed by atoms with E-state index in [1.165, 1.54) is 62.6 Å². The maximum Gasteiger partial charge on any atom is 0.0466 e. The van der Waals surface area contributed by atoms with Crippen LogP contribution in [0, 0.1) is 0 Å². The van der Waals surface area contributed by atoms with Crippen molar-refractivity contribution in [2.45, 2.75) is 64.2 Å². The molecule has 1 heteroatoms. The lowest BCUT2D eigenvalue weighted by Crippen LogP contribution is -2.05. The van der Waals surface area contributed by atoms with Gasteiger partial charge < -0.3 is 0 Å². The molecule has 0 saturated carbocycles. The molecule has 0 saturated heterocycles. The lowest BCUT2D eigenvalue weighted by Gasteiger charge is -2.17. The number of rotatable bonds is 2. The summed E-state index contributed by atoms with van der Waals surface area (Å²) < 4.78 is 0. The van der Waals surface area contributed by atoms with Crippen molar-refractivity contribution in [3.63, 3.8) is 0 Å². The van der Waals surface area contributed by atoms with E-state index in [1.54, 1.807) is 0 Å². The SMILES string of the molecule is CCCC1CCCCCCc2cccnc21. The lowest BCUT2D eigenvalue weighted by atomic mass is 9.91. The van der Waals surface area contributed by atoms with Crippen LogP contribution < -0.4 is 0 Å². The van der Waals surface area contributed by atoms with Crippen molar-refractivity contribution in [3.05, 3.63) is 29.6 Å². The zero-order chi connectivity index (χ0) is 11.2. The Morgan fingerprint density at radius 2 is 2.12 bits per heavy atom. The van der Waals surface area contributed by atoms with Gasteiger partial charge in [0, 0.05) is 17.8 Å². The molecule has 1 atom stereocenters. The molecule has 1 nitrogen and oxygen atoms in total. The van der Waals surface area contributed by atoms with Crippen molar-refractivity contribution in [2.24, 2.45) is 0 Å². The van der Waals surface area contributed by atoms with Gasteiger partial charge in [-0.2, -0.15) is 0 Å². The van der Waals surface area contributed by atoms with Crippen molar-refractivity contribution in [1.29, 1.82) is 0 Å². The van der Waals surface area contributed by atoms with E-state index in [0.29, 0.717) is 0 Å². The van der Waals surface area contributed by atoms with E-state index in [9.17, 15) is 0 Å². The second-order valence-electron chi connectivity index (χ2n) is 4.99. The number of fused-ring (bicyclic) bond motifs is 1. The first-order valence-electron chi connectivity index (χ1n) is 6.85. The summed E-state index contributed by atoms with van der Waals surface area (Å²) in [6.45, 7) is 2.29. The number of aryl methyl sites for hydroxylation is 1. The highest BCUT2D eigenvalue weighted by molar-refractivity contribution is 5.23. The van der Waals surface area contributed by atoms with E-state index in [-0.39, 0.29) is 0 Å². The van der Waals surface area contributed by atoms with E-state index in [4.69, 9.17) is 0 Å². The van der Waals surface area contributed by atoms with Gasteiger partial charge in [-0.05, 0) is 37.3 Å². The van der Waals surface area contributed by atoms with E-state index < -0.39 is 0 Å². The molecule has 0 fully saturated rings. The van der Waals surface area contributed by atoms with Crippen LogP contribution in [0.1, 0.15) is 69.0 Å². The van der Waals surface area contributed by atoms with Crippen molar-refractivity contribution >= 4 is 0 Å². The van der Waals surface area contributed by atoms with Crippen molar-refractivity contribution in [1.82, 2.24) is 4.98 Å². The van der Waals surface area contributed by atoms with Crippen LogP contribution in [0.2, 0.25) is 0 Å². The van der Waals surface area contributed by atoms with E-state index in [0.717, 1.165) is 5.92 Å². The quantitative estimate of drug-likeness (QED) is 0.712. The molecular formula is C15H23N. The molecule has 0 bridgehead atoms. The highest BCUT2D eigenvalue weighted by Gasteiger charge is 2.16. The van der Waals surface area contributed by atoms with Gasteiger partial charge >= 0.3 is 0 Å². The molecule has 1 heterocycles. The van der Waals surface area contributed by atoms with Gasteiger partial charge in [-0.25, -0.2) is 0 Å². The first-order valence-corrected chi connectivity index (χ1v) is 6.85. The van der Waals surface area contributed by atoms with Gasteiger partial charge in [-0.1, -0.05) is 38.7 Å². The van der Waals surface area contributed by atoms with Crippen LogP contribution in [0.15, 0.2) is 18.3 Å². The summed E-state index contributed by atoms with van der Waals surface area (Å²) >= 11 is 0. The molecule has 0 aliphatic heterocycles. The molecule has 1 aliphatic carbocycles. The minimum absolute atomic E-state index is 0.722. The minimum Gasteiger partial charge on any atom is -0.261 e. The number of hydrogen-bond acceptors (Lipinski definition) is 1. The average Bonchev–Trinajstić information content (AvgIpc) is 2.41. The Labute approximate surface area is 99.3 Å². The highest BCUT2D eigenvalue weighted by atomic mass is 14.7. The predicted molar refractivity (Wildman–Crippen MR) is 68.7 cm³/mol. The monoisotopic (exact) mass is 217 g/mol. The summed E-state index contributed by atoms with van der Waals surface area (Å²) in [5.74, 6) is 0.722. The topological polar surface area (TPSA) is 12.9 Å². The normalized spacial score (nSPS) is 21.7. The third kappa shape index (κ3) is 2.84. The van der Waals surface area contributed by atoms with E-state index >= 15 is 0 Å². The maximum atomic E-state index is 4.66. The summed E-state index contributed by atoms with van der Waals surface area (Å²) in [4.78, 5) is 4.66. The molecule has 2 rings (SSSR count). The van der Waals surface area contributed by atoms with Crippen LogP contribution in [0.5, 0.6) is 0 Å². The fourth-order valence-corrected chi connectivity index (χ4v) is 2.86. The van der Waals surface area contributed by atoms with Crippen LogP contribution in [-0.2, 0) is 6.42 Å². The molecule has 0 spiro atoms. The van der Waals surface area contributed by atoms with Crippen LogP contribution in [0.25, 0.3) is 0 Å². The molecular weight excluding hydrogens is 194 g/mol. The van der Waals surface area contributed by atoms with Crippen LogP contribution in [-0.4, -0.2) is 4.98 Å². The van der Waals surface area contributed by atoms with Gasteiger partial charge in [0.1, 0.15) is 0 Å². The predicted octanol–water partition coefficient (Wildman–Crippen LogP) is 4.47. The molecule has 16 heavy (non-hydrogen) atoms. The second kappa shape index (κ2) is 6.03. The molecule has 88 valence electrons.